The highest BCUT2D eigenvalue weighted by Gasteiger charge is 2.24. The molecule has 76 valence electrons. The van der Waals surface area contributed by atoms with Gasteiger partial charge in [0.15, 0.2) is 11.6 Å². The molecule has 0 aliphatic rings. The van der Waals surface area contributed by atoms with Crippen molar-refractivity contribution in [1.29, 1.82) is 0 Å². The fourth-order valence-electron chi connectivity index (χ4n) is 0.936. The highest BCUT2D eigenvalue weighted by Crippen LogP contribution is 2.24. The van der Waals surface area contributed by atoms with Crippen LogP contribution >= 0.6 is 22.6 Å². The first-order chi connectivity index (χ1) is 6.49. The predicted molar refractivity (Wildman–Crippen MR) is 55.5 cm³/mol. The van der Waals surface area contributed by atoms with Gasteiger partial charge in [-0.25, -0.2) is 8.78 Å². The fourth-order valence-corrected chi connectivity index (χ4v) is 1.55. The predicted octanol–water partition coefficient (Wildman–Crippen LogP) is 0.258. The van der Waals surface area contributed by atoms with E-state index >= 15 is 0 Å². The third kappa shape index (κ3) is 1.99. The Kier molecular flexibility index (Phi) is 3.68. The van der Waals surface area contributed by atoms with E-state index < -0.39 is 24.2 Å². The minimum atomic E-state index is -2.06. The van der Waals surface area contributed by atoms with Crippen molar-refractivity contribution in [2.45, 2.75) is 0 Å². The average Bonchev–Trinajstić information content (AvgIpc) is 2.14. The third-order valence-corrected chi connectivity index (χ3v) is 2.65. The number of rotatable bonds is 2. The molecule has 0 heterocycles. The molecule has 1 rings (SSSR count). The molecule has 1 aromatic carbocycles. The molecular weight excluding hydrogens is 308 g/mol. The van der Waals surface area contributed by atoms with Crippen LogP contribution in [-0.4, -0.2) is 24.3 Å². The van der Waals surface area contributed by atoms with E-state index in [1.165, 1.54) is 7.11 Å². The zero-order chi connectivity index (χ0) is 10.9. The first kappa shape index (κ1) is 11.7. The zero-order valence-electron chi connectivity index (χ0n) is 7.09. The van der Waals surface area contributed by atoms with Gasteiger partial charge >= 0.3 is 7.12 Å². The molecule has 0 spiro atoms. The lowest BCUT2D eigenvalue weighted by molar-refractivity contribution is 0.397. The Morgan fingerprint density at radius 3 is 2.36 bits per heavy atom. The maximum absolute atomic E-state index is 13.1. The summed E-state index contributed by atoms with van der Waals surface area (Å²) in [5.41, 5.74) is -0.542. The van der Waals surface area contributed by atoms with E-state index in [0.717, 1.165) is 6.07 Å². The van der Waals surface area contributed by atoms with Crippen LogP contribution in [0.15, 0.2) is 6.07 Å². The Hall–Kier alpha value is -0.405. The number of hydrogen-bond acceptors (Lipinski definition) is 3. The van der Waals surface area contributed by atoms with Crippen LogP contribution in [0.3, 0.4) is 0 Å². The molecule has 0 aromatic heterocycles. The fraction of sp³-hybridized carbons (Fsp3) is 0.143. The molecule has 3 nitrogen and oxygen atoms in total. The van der Waals surface area contributed by atoms with Crippen molar-refractivity contribution in [3.63, 3.8) is 0 Å². The maximum atomic E-state index is 13.1. The largest absolute Gasteiger partial charge is 0.496 e. The summed E-state index contributed by atoms with van der Waals surface area (Å²) in [5.74, 6) is -2.36. The summed E-state index contributed by atoms with van der Waals surface area (Å²) >= 11 is 1.57. The van der Waals surface area contributed by atoms with Gasteiger partial charge in [0.05, 0.1) is 10.7 Å². The van der Waals surface area contributed by atoms with Gasteiger partial charge in [-0.3, -0.25) is 0 Å². The van der Waals surface area contributed by atoms with Crippen LogP contribution < -0.4 is 10.2 Å². The molecule has 1 aromatic rings. The summed E-state index contributed by atoms with van der Waals surface area (Å²) in [6.07, 6.45) is 0. The lowest BCUT2D eigenvalue weighted by atomic mass is 9.79. The highest BCUT2D eigenvalue weighted by molar-refractivity contribution is 14.1. The molecule has 0 atom stereocenters. The monoisotopic (exact) mass is 314 g/mol. The van der Waals surface area contributed by atoms with E-state index in [2.05, 4.69) is 0 Å². The van der Waals surface area contributed by atoms with Crippen LogP contribution in [0.1, 0.15) is 0 Å². The highest BCUT2D eigenvalue weighted by atomic mass is 127. The summed E-state index contributed by atoms with van der Waals surface area (Å²) in [5, 5.41) is 17.5. The van der Waals surface area contributed by atoms with E-state index in [4.69, 9.17) is 14.8 Å². The molecule has 7 heteroatoms. The van der Waals surface area contributed by atoms with Gasteiger partial charge in [-0.2, -0.15) is 0 Å². The zero-order valence-corrected chi connectivity index (χ0v) is 9.25. The average molecular weight is 314 g/mol. The third-order valence-electron chi connectivity index (χ3n) is 1.64. The molecule has 0 unspecified atom stereocenters. The van der Waals surface area contributed by atoms with Gasteiger partial charge in [0.1, 0.15) is 5.75 Å². The smallest absolute Gasteiger partial charge is 0.491 e. The molecule has 0 saturated heterocycles. The van der Waals surface area contributed by atoms with E-state index in [9.17, 15) is 8.78 Å². The minimum Gasteiger partial charge on any atom is -0.496 e. The quantitative estimate of drug-likeness (QED) is 0.468. The summed E-state index contributed by atoms with van der Waals surface area (Å²) < 4.78 is 30.9. The SMILES string of the molecule is COc1cc(B(O)O)c(F)c(F)c1I. The lowest BCUT2D eigenvalue weighted by Gasteiger charge is -2.09. The second kappa shape index (κ2) is 4.41. The Balaban J connectivity index is 3.40. The van der Waals surface area contributed by atoms with Gasteiger partial charge in [-0.1, -0.05) is 0 Å². The normalized spacial score (nSPS) is 10.1. The van der Waals surface area contributed by atoms with Gasteiger partial charge < -0.3 is 14.8 Å². The molecule has 0 aliphatic carbocycles. The van der Waals surface area contributed by atoms with E-state index in [-0.39, 0.29) is 9.32 Å². The van der Waals surface area contributed by atoms with Crippen LogP contribution in [0.4, 0.5) is 8.78 Å². The molecule has 14 heavy (non-hydrogen) atoms. The van der Waals surface area contributed by atoms with Crippen molar-refractivity contribution < 1.29 is 23.6 Å². The van der Waals surface area contributed by atoms with Crippen molar-refractivity contribution in [2.75, 3.05) is 7.11 Å². The number of methoxy groups -OCH3 is 1. The van der Waals surface area contributed by atoms with Crippen molar-refractivity contribution in [2.24, 2.45) is 0 Å². The molecule has 2 N–H and O–H groups in total. The van der Waals surface area contributed by atoms with Gasteiger partial charge in [0.2, 0.25) is 0 Å². The van der Waals surface area contributed by atoms with Crippen LogP contribution in [0.25, 0.3) is 0 Å². The van der Waals surface area contributed by atoms with Gasteiger partial charge in [0.25, 0.3) is 0 Å². The molecule has 0 amide bonds. The molecule has 0 aliphatic heterocycles. The molecule has 0 saturated carbocycles. The lowest BCUT2D eigenvalue weighted by Crippen LogP contribution is -2.34. The first-order valence-electron chi connectivity index (χ1n) is 3.56. The van der Waals surface area contributed by atoms with Gasteiger partial charge in [-0.05, 0) is 28.7 Å². The standard InChI is InChI=1S/C7H6BF2IO3/c1-14-4-2-3(8(12)13)5(9)6(10)7(4)11/h2,12-13H,1H3. The summed E-state index contributed by atoms with van der Waals surface area (Å²) in [4.78, 5) is 0. The van der Waals surface area contributed by atoms with Crippen LogP contribution in [-0.2, 0) is 0 Å². The molecule has 0 radical (unpaired) electrons. The van der Waals surface area contributed by atoms with Crippen LogP contribution in [0.5, 0.6) is 5.75 Å². The Morgan fingerprint density at radius 2 is 1.93 bits per heavy atom. The van der Waals surface area contributed by atoms with Crippen LogP contribution in [0, 0.1) is 15.2 Å². The number of ether oxygens (including phenoxy) is 1. The second-order valence-electron chi connectivity index (χ2n) is 2.48. The topological polar surface area (TPSA) is 49.7 Å². The van der Waals surface area contributed by atoms with E-state index in [1.54, 1.807) is 22.6 Å². The maximum Gasteiger partial charge on any atom is 0.491 e. The van der Waals surface area contributed by atoms with E-state index in [1.807, 2.05) is 0 Å². The van der Waals surface area contributed by atoms with Gasteiger partial charge in [0, 0.05) is 5.46 Å². The number of halogens is 3. The summed E-state index contributed by atoms with van der Waals surface area (Å²) in [6, 6.07) is 1.05. The number of benzene rings is 1. The molecule has 0 fully saturated rings. The summed E-state index contributed by atoms with van der Waals surface area (Å²) in [7, 11) is -0.780. The second-order valence-corrected chi connectivity index (χ2v) is 3.56. The molecule has 0 bridgehead atoms. The van der Waals surface area contributed by atoms with Crippen molar-refractivity contribution >= 4 is 35.2 Å². The van der Waals surface area contributed by atoms with Crippen molar-refractivity contribution in [3.05, 3.63) is 21.3 Å². The van der Waals surface area contributed by atoms with Crippen LogP contribution in [0.2, 0.25) is 0 Å². The molecular formula is C7H6BF2IO3. The Bertz CT molecular complexity index is 359. The van der Waals surface area contributed by atoms with E-state index in [0.29, 0.717) is 0 Å². The van der Waals surface area contributed by atoms with Crippen molar-refractivity contribution in [1.82, 2.24) is 0 Å². The van der Waals surface area contributed by atoms with Gasteiger partial charge in [-0.15, -0.1) is 0 Å². The first-order valence-corrected chi connectivity index (χ1v) is 4.64. The Morgan fingerprint density at radius 1 is 1.36 bits per heavy atom. The Labute approximate surface area is 93.0 Å². The number of hydrogen-bond donors (Lipinski definition) is 2. The van der Waals surface area contributed by atoms with Crippen molar-refractivity contribution in [3.8, 4) is 5.75 Å². The minimum absolute atomic E-state index is 0.0352. The summed E-state index contributed by atoms with van der Waals surface area (Å²) in [6.45, 7) is 0.